The molecule has 0 saturated carbocycles. The number of imidazole rings is 2. The summed E-state index contributed by atoms with van der Waals surface area (Å²) in [4.78, 5) is 26.0. The Hall–Kier alpha value is -2.39. The number of rotatable bonds is 7. The number of benzene rings is 1. The van der Waals surface area contributed by atoms with Gasteiger partial charge < -0.3 is 19.2 Å². The van der Waals surface area contributed by atoms with Crippen molar-refractivity contribution in [2.75, 3.05) is 18.8 Å². The van der Waals surface area contributed by atoms with E-state index in [-0.39, 0.29) is 6.09 Å². The van der Waals surface area contributed by atoms with Gasteiger partial charge >= 0.3 is 6.09 Å². The van der Waals surface area contributed by atoms with Gasteiger partial charge in [-0.15, -0.1) is 0 Å². The highest BCUT2D eigenvalue weighted by atomic mass is 32.2. The van der Waals surface area contributed by atoms with Crippen LogP contribution in [0.4, 0.5) is 4.79 Å². The van der Waals surface area contributed by atoms with E-state index < -0.39 is 0 Å². The molecule has 1 fully saturated rings. The predicted octanol–water partition coefficient (Wildman–Crippen LogP) is 4.44. The number of ether oxygens (including phenoxy) is 1. The Morgan fingerprint density at radius 1 is 1.17 bits per heavy atom. The van der Waals surface area contributed by atoms with Crippen molar-refractivity contribution in [1.82, 2.24) is 24.4 Å². The van der Waals surface area contributed by atoms with Crippen molar-refractivity contribution in [3.8, 4) is 5.75 Å². The lowest BCUT2D eigenvalue weighted by atomic mass is 9.99. The van der Waals surface area contributed by atoms with E-state index in [4.69, 9.17) is 4.74 Å². The molecular formula is C21H25N5O2S2. The van der Waals surface area contributed by atoms with Gasteiger partial charge in [0.15, 0.2) is 10.3 Å². The zero-order valence-corrected chi connectivity index (χ0v) is 18.5. The molecule has 4 rings (SSSR count). The van der Waals surface area contributed by atoms with E-state index in [1.807, 2.05) is 48.3 Å². The molecular weight excluding hydrogens is 418 g/mol. The second-order valence-corrected chi connectivity index (χ2v) is 9.21. The summed E-state index contributed by atoms with van der Waals surface area (Å²) < 4.78 is 7.58. The molecule has 1 aliphatic heterocycles. The fourth-order valence-electron chi connectivity index (χ4n) is 3.27. The largest absolute Gasteiger partial charge is 0.415 e. The van der Waals surface area contributed by atoms with E-state index in [1.165, 1.54) is 0 Å². The molecule has 1 aliphatic rings. The standard InChI is InChI=1S/C21H25N5O2S2/c1-25-13-10-24-20(25)30-15-16-2-4-18(5-3-16)28-21(27)26-11-6-17(7-12-26)14-29-19-22-8-9-23-19/h2-5,8-10,13,17H,6-7,11-12,14-15H2,1H3,(H,22,23). The Morgan fingerprint density at radius 3 is 2.63 bits per heavy atom. The maximum atomic E-state index is 12.5. The van der Waals surface area contributed by atoms with Gasteiger partial charge in [0.25, 0.3) is 0 Å². The summed E-state index contributed by atoms with van der Waals surface area (Å²) in [5.41, 5.74) is 1.16. The Bertz CT molecular complexity index is 935. The van der Waals surface area contributed by atoms with Gasteiger partial charge in [-0.1, -0.05) is 35.7 Å². The fourth-order valence-corrected chi connectivity index (χ4v) is 5.17. The minimum atomic E-state index is -0.262. The van der Waals surface area contributed by atoms with E-state index >= 15 is 0 Å². The number of carbonyl (C=O) groups is 1. The summed E-state index contributed by atoms with van der Waals surface area (Å²) in [6.07, 6.45) is 9.07. The minimum absolute atomic E-state index is 0.262. The molecule has 0 atom stereocenters. The van der Waals surface area contributed by atoms with Crippen LogP contribution in [0, 0.1) is 5.92 Å². The van der Waals surface area contributed by atoms with Crippen LogP contribution in [-0.4, -0.2) is 49.4 Å². The first-order valence-corrected chi connectivity index (χ1v) is 11.9. The Morgan fingerprint density at radius 2 is 1.97 bits per heavy atom. The van der Waals surface area contributed by atoms with E-state index in [2.05, 4.69) is 15.0 Å². The smallest absolute Gasteiger partial charge is 0.410 e. The quantitative estimate of drug-likeness (QED) is 0.544. The second kappa shape index (κ2) is 10.1. The van der Waals surface area contributed by atoms with Gasteiger partial charge in [0.2, 0.25) is 0 Å². The third kappa shape index (κ3) is 5.60. The molecule has 1 N–H and O–H groups in total. The van der Waals surface area contributed by atoms with Gasteiger partial charge in [0.1, 0.15) is 5.75 Å². The highest BCUT2D eigenvalue weighted by Gasteiger charge is 2.24. The zero-order valence-electron chi connectivity index (χ0n) is 16.9. The van der Waals surface area contributed by atoms with Crippen LogP contribution in [0.2, 0.25) is 0 Å². The Labute approximate surface area is 184 Å². The molecule has 158 valence electrons. The van der Waals surface area contributed by atoms with E-state index in [0.29, 0.717) is 11.7 Å². The number of aryl methyl sites for hydroxylation is 1. The highest BCUT2D eigenvalue weighted by molar-refractivity contribution is 7.99. The number of amides is 1. The third-order valence-corrected chi connectivity index (χ3v) is 7.34. The predicted molar refractivity (Wildman–Crippen MR) is 119 cm³/mol. The summed E-state index contributed by atoms with van der Waals surface area (Å²) in [6, 6.07) is 7.71. The summed E-state index contributed by atoms with van der Waals surface area (Å²) in [7, 11) is 1.98. The van der Waals surface area contributed by atoms with Crippen LogP contribution in [0.3, 0.4) is 0 Å². The van der Waals surface area contributed by atoms with Crippen LogP contribution >= 0.6 is 23.5 Å². The van der Waals surface area contributed by atoms with Gasteiger partial charge in [0.05, 0.1) is 0 Å². The molecule has 3 heterocycles. The number of thioether (sulfide) groups is 2. The van der Waals surface area contributed by atoms with Gasteiger partial charge in [-0.05, 0) is 36.5 Å². The van der Waals surface area contributed by atoms with Gasteiger partial charge in [-0.3, -0.25) is 0 Å². The molecule has 2 aromatic heterocycles. The summed E-state index contributed by atoms with van der Waals surface area (Å²) in [6.45, 7) is 1.47. The molecule has 1 aromatic carbocycles. The fraction of sp³-hybridized carbons (Fsp3) is 0.381. The van der Waals surface area contributed by atoms with Crippen LogP contribution in [0.15, 0.2) is 59.4 Å². The number of aromatic nitrogens is 4. The van der Waals surface area contributed by atoms with Crippen LogP contribution in [0.25, 0.3) is 0 Å². The second-order valence-electron chi connectivity index (χ2n) is 7.26. The van der Waals surface area contributed by atoms with Gasteiger partial charge in [0, 0.05) is 56.4 Å². The number of nitrogens with zero attached hydrogens (tertiary/aromatic N) is 4. The molecule has 1 saturated heterocycles. The molecule has 0 spiro atoms. The van der Waals surface area contributed by atoms with E-state index in [1.54, 1.807) is 40.8 Å². The number of likely N-dealkylation sites (tertiary alicyclic amines) is 1. The van der Waals surface area contributed by atoms with Crippen LogP contribution < -0.4 is 4.74 Å². The number of aromatic amines is 1. The number of H-pyrrole nitrogens is 1. The van der Waals surface area contributed by atoms with Crippen molar-refractivity contribution in [3.05, 3.63) is 54.6 Å². The van der Waals surface area contributed by atoms with Crippen molar-refractivity contribution in [2.24, 2.45) is 13.0 Å². The topological polar surface area (TPSA) is 76.0 Å². The average molecular weight is 444 g/mol. The van der Waals surface area contributed by atoms with Crippen LogP contribution in [0.5, 0.6) is 5.75 Å². The lowest BCUT2D eigenvalue weighted by Crippen LogP contribution is -2.40. The number of hydrogen-bond donors (Lipinski definition) is 1. The lowest BCUT2D eigenvalue weighted by Gasteiger charge is -2.30. The molecule has 0 unspecified atom stereocenters. The van der Waals surface area contributed by atoms with Crippen LogP contribution in [-0.2, 0) is 12.8 Å². The SMILES string of the molecule is Cn1ccnc1SCc1ccc(OC(=O)N2CCC(CSc3ncc[nH]3)CC2)cc1. The maximum absolute atomic E-state index is 12.5. The van der Waals surface area contributed by atoms with Crippen molar-refractivity contribution in [3.63, 3.8) is 0 Å². The summed E-state index contributed by atoms with van der Waals surface area (Å²) >= 11 is 3.42. The van der Waals surface area contributed by atoms with Crippen molar-refractivity contribution >= 4 is 29.6 Å². The highest BCUT2D eigenvalue weighted by Crippen LogP contribution is 2.26. The minimum Gasteiger partial charge on any atom is -0.410 e. The molecule has 0 bridgehead atoms. The summed E-state index contributed by atoms with van der Waals surface area (Å²) in [5, 5.41) is 1.94. The first-order valence-electron chi connectivity index (χ1n) is 9.95. The average Bonchev–Trinajstić information content (AvgIpc) is 3.44. The van der Waals surface area contributed by atoms with Gasteiger partial charge in [-0.2, -0.15) is 0 Å². The third-order valence-electron chi connectivity index (χ3n) is 5.08. The van der Waals surface area contributed by atoms with Crippen molar-refractivity contribution in [1.29, 1.82) is 0 Å². The zero-order chi connectivity index (χ0) is 20.8. The molecule has 30 heavy (non-hydrogen) atoms. The molecule has 1 amide bonds. The molecule has 3 aromatic rings. The number of hydrogen-bond acceptors (Lipinski definition) is 6. The maximum Gasteiger partial charge on any atom is 0.415 e. The summed E-state index contributed by atoms with van der Waals surface area (Å²) in [5.74, 6) is 3.03. The van der Waals surface area contributed by atoms with Crippen molar-refractivity contribution < 1.29 is 9.53 Å². The Kier molecular flexibility index (Phi) is 7.01. The number of carbonyl (C=O) groups excluding carboxylic acids is 1. The first-order chi connectivity index (χ1) is 14.7. The molecule has 0 aliphatic carbocycles. The van der Waals surface area contributed by atoms with Crippen molar-refractivity contribution in [2.45, 2.75) is 28.9 Å². The molecule has 7 nitrogen and oxygen atoms in total. The normalized spacial score (nSPS) is 14.8. The lowest BCUT2D eigenvalue weighted by molar-refractivity contribution is 0.134. The monoisotopic (exact) mass is 443 g/mol. The Balaban J connectivity index is 1.20. The number of piperidine rings is 1. The first kappa shape index (κ1) is 20.9. The van der Waals surface area contributed by atoms with E-state index in [9.17, 15) is 4.79 Å². The van der Waals surface area contributed by atoms with Crippen LogP contribution in [0.1, 0.15) is 18.4 Å². The molecule has 9 heteroatoms. The number of nitrogens with one attached hydrogen (secondary N) is 1. The van der Waals surface area contributed by atoms with Gasteiger partial charge in [-0.25, -0.2) is 14.8 Å². The van der Waals surface area contributed by atoms with E-state index in [0.717, 1.165) is 53.3 Å². The molecule has 0 radical (unpaired) electrons.